The minimum absolute atomic E-state index is 0.119. The zero-order valence-corrected chi connectivity index (χ0v) is 38.2. The number of nitrogens with zero attached hydrogens (tertiary/aromatic N) is 2. The van der Waals surface area contributed by atoms with Gasteiger partial charge in [0, 0.05) is 85.0 Å². The highest BCUT2D eigenvalue weighted by atomic mass is 79.9. The zero-order valence-electron chi connectivity index (χ0n) is 35.0. The Morgan fingerprint density at radius 2 is 0.897 bits per heavy atom. The van der Waals surface area contributed by atoms with Crippen LogP contribution in [0.25, 0.3) is 0 Å². The highest BCUT2D eigenvalue weighted by molar-refractivity contribution is 9.08. The fourth-order valence-corrected chi connectivity index (χ4v) is 9.83. The van der Waals surface area contributed by atoms with Crippen LogP contribution < -0.4 is 21.3 Å². The van der Waals surface area contributed by atoms with Crippen molar-refractivity contribution in [1.29, 1.82) is 0 Å². The maximum Gasteiger partial charge on any atom is 0.196 e. The molecule has 10 nitrogen and oxygen atoms in total. The van der Waals surface area contributed by atoms with Gasteiger partial charge in [0.15, 0.2) is 23.1 Å². The molecule has 0 atom stereocenters. The van der Waals surface area contributed by atoms with E-state index >= 15 is 0 Å². The van der Waals surface area contributed by atoms with Crippen LogP contribution in [0.2, 0.25) is 0 Å². The summed E-state index contributed by atoms with van der Waals surface area (Å²) in [5, 5.41) is 13.1. The molecule has 0 spiro atoms. The molecular formula is C45H59BrN6O4S2+2. The van der Waals surface area contributed by atoms with Gasteiger partial charge >= 0.3 is 0 Å². The largest absolute Gasteiger partial charge is 0.388 e. The van der Waals surface area contributed by atoms with Crippen molar-refractivity contribution in [2.24, 2.45) is 0 Å². The van der Waals surface area contributed by atoms with E-state index in [0.29, 0.717) is 69.2 Å². The molecule has 58 heavy (non-hydrogen) atoms. The molecule has 0 amide bonds. The molecule has 0 unspecified atom stereocenters. The number of nitrogens with one attached hydrogen (secondary N) is 4. The standard InChI is InChI=1S/C44H54N6O4S2.CH3Br/c1-9-29-30(10-2)42(52)39-35(19-17-33(45-3)37(39)41(29)51)47-21-13-23-49(5,6)25-27-55-56-28-26-50(7,8)24-14-22-48-36-20-18-34(46-4)38-40(36)44(54)32-16-12-11-15-31(32)43(38)53;1-2/h9-12,15-20H,1-2,13-14,21-28H2,3-8H3,(H2-2,45,46,47,48,51,52,53,54);1H3/p+2. The van der Waals surface area contributed by atoms with Gasteiger partial charge in [-0.25, -0.2) is 0 Å². The van der Waals surface area contributed by atoms with Crippen LogP contribution in [0.1, 0.15) is 65.4 Å². The van der Waals surface area contributed by atoms with E-state index in [2.05, 4.69) is 78.5 Å². The number of ketones is 4. The van der Waals surface area contributed by atoms with Crippen LogP contribution in [-0.2, 0) is 0 Å². The normalized spacial score (nSPS) is 13.5. The molecule has 0 fully saturated rings. The Morgan fingerprint density at radius 1 is 0.552 bits per heavy atom. The van der Waals surface area contributed by atoms with Gasteiger partial charge in [-0.3, -0.25) is 19.2 Å². The molecule has 2 aliphatic rings. The summed E-state index contributed by atoms with van der Waals surface area (Å²) in [5.74, 6) is 3.22. The predicted octanol–water partition coefficient (Wildman–Crippen LogP) is 8.44. The number of hydrogen-bond donors (Lipinski definition) is 4. The number of halogens is 1. The van der Waals surface area contributed by atoms with Crippen molar-refractivity contribution in [2.75, 3.05) is 120 Å². The lowest BCUT2D eigenvalue weighted by Gasteiger charge is -2.31. The van der Waals surface area contributed by atoms with Crippen molar-refractivity contribution in [3.05, 3.63) is 118 Å². The third kappa shape index (κ3) is 10.7. The molecule has 0 saturated heterocycles. The van der Waals surface area contributed by atoms with Gasteiger partial charge in [0.05, 0.1) is 88.1 Å². The second-order valence-corrected chi connectivity index (χ2v) is 18.1. The van der Waals surface area contributed by atoms with Gasteiger partial charge in [-0.1, -0.05) is 87.1 Å². The van der Waals surface area contributed by atoms with Crippen LogP contribution in [0, 0.1) is 0 Å². The van der Waals surface area contributed by atoms with Crippen molar-refractivity contribution in [1.82, 2.24) is 0 Å². The topological polar surface area (TPSA) is 116 Å². The van der Waals surface area contributed by atoms with E-state index in [1.807, 2.05) is 51.7 Å². The van der Waals surface area contributed by atoms with Gasteiger partial charge in [0.25, 0.3) is 0 Å². The van der Waals surface area contributed by atoms with Crippen LogP contribution in [0.15, 0.2) is 85.0 Å². The van der Waals surface area contributed by atoms with Gasteiger partial charge in [0.1, 0.15) is 0 Å². The minimum atomic E-state index is -0.224. The Morgan fingerprint density at radius 3 is 1.28 bits per heavy atom. The smallest absolute Gasteiger partial charge is 0.196 e. The Labute approximate surface area is 361 Å². The number of hydrogen-bond acceptors (Lipinski definition) is 10. The number of carbonyl (C=O) groups is 4. The van der Waals surface area contributed by atoms with E-state index in [4.69, 9.17) is 0 Å². The summed E-state index contributed by atoms with van der Waals surface area (Å²) in [4.78, 5) is 53.8. The molecule has 0 radical (unpaired) electrons. The number of benzene rings is 3. The van der Waals surface area contributed by atoms with E-state index in [9.17, 15) is 19.2 Å². The molecule has 13 heteroatoms. The number of carbonyl (C=O) groups excluding carboxylic acids is 4. The van der Waals surface area contributed by atoms with Crippen LogP contribution in [-0.4, -0.2) is 131 Å². The van der Waals surface area contributed by atoms with Crippen molar-refractivity contribution in [2.45, 2.75) is 12.8 Å². The number of Topliss-reactive ketones (excluding diaryl/α,β-unsaturated/α-hetero) is 2. The first-order chi connectivity index (χ1) is 27.8. The number of rotatable bonds is 21. The van der Waals surface area contributed by atoms with Gasteiger partial charge in [-0.05, 0) is 30.1 Å². The van der Waals surface area contributed by atoms with Crippen LogP contribution in [0.4, 0.5) is 22.7 Å². The van der Waals surface area contributed by atoms with E-state index in [0.717, 1.165) is 59.5 Å². The SMILES string of the molecule is C=CC1=C(C=C)C(=O)c2c(NCCC[N+](C)(C)CCSSCC[N+](C)(C)CCCNc3ccc(NC)c4c3C(=O)c3ccccc3C4=O)ccc(NC)c2C1=O.CBr. The van der Waals surface area contributed by atoms with Crippen molar-refractivity contribution < 1.29 is 28.1 Å². The van der Waals surface area contributed by atoms with E-state index in [1.54, 1.807) is 38.4 Å². The lowest BCUT2D eigenvalue weighted by molar-refractivity contribution is -0.887. The molecule has 3 aromatic carbocycles. The monoisotopic (exact) mass is 890 g/mol. The van der Waals surface area contributed by atoms with Crippen LogP contribution in [0.3, 0.4) is 0 Å². The highest BCUT2D eigenvalue weighted by Gasteiger charge is 2.35. The zero-order chi connectivity index (χ0) is 42.6. The summed E-state index contributed by atoms with van der Waals surface area (Å²) in [6.07, 6.45) is 4.71. The molecule has 2 aliphatic carbocycles. The fraction of sp³-hybridized carbons (Fsp3) is 0.378. The highest BCUT2D eigenvalue weighted by Crippen LogP contribution is 2.38. The lowest BCUT2D eigenvalue weighted by Crippen LogP contribution is -2.43. The van der Waals surface area contributed by atoms with Gasteiger partial charge < -0.3 is 30.2 Å². The molecular weight excluding hydrogens is 833 g/mol. The van der Waals surface area contributed by atoms with Gasteiger partial charge in [-0.15, -0.1) is 0 Å². The Bertz CT molecular complexity index is 2080. The van der Waals surface area contributed by atoms with E-state index < -0.39 is 0 Å². The third-order valence-electron chi connectivity index (χ3n) is 10.6. The molecule has 0 heterocycles. The van der Waals surface area contributed by atoms with Crippen molar-refractivity contribution in [3.63, 3.8) is 0 Å². The summed E-state index contributed by atoms with van der Waals surface area (Å²) in [7, 11) is 16.4. The average Bonchev–Trinajstić information content (AvgIpc) is 3.22. The number of alkyl halides is 1. The molecule has 4 N–H and O–H groups in total. The molecule has 0 bridgehead atoms. The predicted molar refractivity (Wildman–Crippen MR) is 251 cm³/mol. The molecule has 0 saturated carbocycles. The quantitative estimate of drug-likeness (QED) is 0.0281. The second-order valence-electron chi connectivity index (χ2n) is 15.4. The van der Waals surface area contributed by atoms with E-state index in [-0.39, 0.29) is 34.3 Å². The number of quaternary nitrogens is 2. The molecule has 310 valence electrons. The first-order valence-corrected chi connectivity index (χ1v) is 23.6. The van der Waals surface area contributed by atoms with Gasteiger partial charge in [0.2, 0.25) is 0 Å². The first kappa shape index (κ1) is 46.5. The molecule has 5 rings (SSSR count). The minimum Gasteiger partial charge on any atom is -0.388 e. The van der Waals surface area contributed by atoms with Crippen molar-refractivity contribution >= 4 is 83.4 Å². The Balaban J connectivity index is 0.00000366. The maximum atomic E-state index is 13.5. The number of fused-ring (bicyclic) bond motifs is 3. The van der Waals surface area contributed by atoms with Gasteiger partial charge in [-0.2, -0.15) is 0 Å². The molecule has 0 aromatic heterocycles. The molecule has 0 aliphatic heterocycles. The second kappa shape index (κ2) is 21.2. The lowest BCUT2D eigenvalue weighted by atomic mass is 9.82. The average molecular weight is 892 g/mol. The van der Waals surface area contributed by atoms with Crippen LogP contribution in [0.5, 0.6) is 0 Å². The fourth-order valence-electron chi connectivity index (χ4n) is 7.30. The summed E-state index contributed by atoms with van der Waals surface area (Å²) in [5.41, 5.74) is 5.79. The number of anilines is 4. The van der Waals surface area contributed by atoms with Crippen LogP contribution >= 0.6 is 37.5 Å². The maximum absolute atomic E-state index is 13.5. The number of allylic oxidation sites excluding steroid dienone is 4. The Hall–Kier alpha value is -4.14. The summed E-state index contributed by atoms with van der Waals surface area (Å²) >= 11 is 2.94. The summed E-state index contributed by atoms with van der Waals surface area (Å²) in [6, 6.07) is 14.5. The Kier molecular flexibility index (Phi) is 17.0. The third-order valence-corrected chi connectivity index (χ3v) is 13.0. The summed E-state index contributed by atoms with van der Waals surface area (Å²) in [6.45, 7) is 12.9. The van der Waals surface area contributed by atoms with E-state index in [1.165, 1.54) is 12.2 Å². The molecule has 3 aromatic rings. The summed E-state index contributed by atoms with van der Waals surface area (Å²) < 4.78 is 1.78. The van der Waals surface area contributed by atoms with Crippen molar-refractivity contribution in [3.8, 4) is 0 Å². The first-order valence-electron chi connectivity index (χ1n) is 19.5.